The van der Waals surface area contributed by atoms with Crippen LogP contribution >= 0.6 is 22.9 Å². The van der Waals surface area contributed by atoms with Crippen LogP contribution in [0.4, 0.5) is 5.13 Å². The third kappa shape index (κ3) is 3.38. The molecule has 5 heteroatoms. The fourth-order valence-corrected chi connectivity index (χ4v) is 2.98. The zero-order valence-corrected chi connectivity index (χ0v) is 14.5. The molecule has 0 saturated heterocycles. The second kappa shape index (κ2) is 6.30. The number of hydrogen-bond acceptors (Lipinski definition) is 3. The van der Waals surface area contributed by atoms with Gasteiger partial charge in [0.05, 0.1) is 11.1 Å². The Bertz CT molecular complexity index is 857. The van der Waals surface area contributed by atoms with Crippen molar-refractivity contribution in [3.8, 4) is 11.3 Å². The SMILES string of the molecule is CC(C)(CCl)C(=O)Nc1nc(-c2ccc3ccccc3c2)cs1. The number of thiazole rings is 1. The molecule has 1 heterocycles. The number of anilines is 1. The molecule has 3 nitrogen and oxygen atoms in total. The van der Waals surface area contributed by atoms with Crippen LogP contribution in [-0.2, 0) is 4.79 Å². The Morgan fingerprint density at radius 3 is 2.70 bits per heavy atom. The quantitative estimate of drug-likeness (QED) is 0.663. The lowest BCUT2D eigenvalue weighted by Gasteiger charge is -2.18. The number of alkyl halides is 1. The average Bonchev–Trinajstić information content (AvgIpc) is 3.03. The van der Waals surface area contributed by atoms with Crippen molar-refractivity contribution < 1.29 is 4.79 Å². The second-order valence-corrected chi connectivity index (χ2v) is 7.20. The smallest absolute Gasteiger partial charge is 0.233 e. The third-order valence-electron chi connectivity index (χ3n) is 3.72. The van der Waals surface area contributed by atoms with Crippen LogP contribution in [0.1, 0.15) is 13.8 Å². The highest BCUT2D eigenvalue weighted by atomic mass is 35.5. The molecule has 0 saturated carbocycles. The van der Waals surface area contributed by atoms with Crippen molar-refractivity contribution >= 4 is 44.7 Å². The molecule has 118 valence electrons. The molecular weight excluding hydrogens is 328 g/mol. The number of hydrogen-bond donors (Lipinski definition) is 1. The number of halogens is 1. The van der Waals surface area contributed by atoms with Crippen molar-refractivity contribution in [2.24, 2.45) is 5.41 Å². The van der Waals surface area contributed by atoms with Crippen LogP contribution in [0.15, 0.2) is 47.8 Å². The van der Waals surface area contributed by atoms with Crippen molar-refractivity contribution in [1.29, 1.82) is 0 Å². The van der Waals surface area contributed by atoms with Crippen molar-refractivity contribution in [1.82, 2.24) is 4.98 Å². The van der Waals surface area contributed by atoms with E-state index in [2.05, 4.69) is 34.6 Å². The third-order valence-corrected chi connectivity index (χ3v) is 5.14. The Labute approximate surface area is 144 Å². The lowest BCUT2D eigenvalue weighted by molar-refractivity contribution is -0.122. The molecule has 2 aromatic carbocycles. The summed E-state index contributed by atoms with van der Waals surface area (Å²) < 4.78 is 0. The van der Waals surface area contributed by atoms with Crippen LogP contribution < -0.4 is 5.32 Å². The van der Waals surface area contributed by atoms with Gasteiger partial charge >= 0.3 is 0 Å². The topological polar surface area (TPSA) is 42.0 Å². The first-order valence-corrected chi connectivity index (χ1v) is 8.73. The van der Waals surface area contributed by atoms with Gasteiger partial charge in [-0.15, -0.1) is 22.9 Å². The van der Waals surface area contributed by atoms with E-state index < -0.39 is 5.41 Å². The molecule has 1 amide bonds. The minimum absolute atomic E-state index is 0.119. The van der Waals surface area contributed by atoms with Gasteiger partial charge in [0.2, 0.25) is 5.91 Å². The van der Waals surface area contributed by atoms with Crippen molar-refractivity contribution in [2.75, 3.05) is 11.2 Å². The monoisotopic (exact) mass is 344 g/mol. The summed E-state index contributed by atoms with van der Waals surface area (Å²) in [5, 5.41) is 7.76. The molecule has 0 aliphatic carbocycles. The van der Waals surface area contributed by atoms with E-state index in [4.69, 9.17) is 11.6 Å². The number of fused-ring (bicyclic) bond motifs is 1. The molecular formula is C18H17ClN2OS. The molecule has 1 N–H and O–H groups in total. The number of nitrogens with one attached hydrogen (secondary N) is 1. The van der Waals surface area contributed by atoms with Crippen molar-refractivity contribution in [3.63, 3.8) is 0 Å². The van der Waals surface area contributed by atoms with Gasteiger partial charge in [0.15, 0.2) is 5.13 Å². The highest BCUT2D eigenvalue weighted by Crippen LogP contribution is 2.29. The number of benzene rings is 2. The molecule has 23 heavy (non-hydrogen) atoms. The van der Waals surface area contributed by atoms with Gasteiger partial charge in [0.25, 0.3) is 0 Å². The van der Waals surface area contributed by atoms with Crippen molar-refractivity contribution in [2.45, 2.75) is 13.8 Å². The zero-order chi connectivity index (χ0) is 16.4. The highest BCUT2D eigenvalue weighted by molar-refractivity contribution is 7.14. The van der Waals surface area contributed by atoms with Crippen molar-refractivity contribution in [3.05, 3.63) is 47.8 Å². The molecule has 0 radical (unpaired) electrons. The number of nitrogens with zero attached hydrogens (tertiary/aromatic N) is 1. The first kappa shape index (κ1) is 16.0. The van der Waals surface area contributed by atoms with Crippen LogP contribution in [0.2, 0.25) is 0 Å². The number of carbonyl (C=O) groups is 1. The Balaban J connectivity index is 1.84. The van der Waals surface area contributed by atoms with Gasteiger partial charge in [0, 0.05) is 16.8 Å². The molecule has 3 rings (SSSR count). The number of rotatable bonds is 4. The molecule has 0 spiro atoms. The van der Waals surface area contributed by atoms with E-state index in [1.54, 1.807) is 0 Å². The average molecular weight is 345 g/mol. The minimum atomic E-state index is -0.615. The van der Waals surface area contributed by atoms with E-state index >= 15 is 0 Å². The van der Waals surface area contributed by atoms with Crippen LogP contribution in [0.25, 0.3) is 22.0 Å². The summed E-state index contributed by atoms with van der Waals surface area (Å²) in [6.07, 6.45) is 0. The minimum Gasteiger partial charge on any atom is -0.301 e. The maximum atomic E-state index is 12.2. The van der Waals surface area contributed by atoms with Gasteiger partial charge in [-0.25, -0.2) is 4.98 Å². The van der Waals surface area contributed by atoms with Gasteiger partial charge in [0.1, 0.15) is 0 Å². The Kier molecular flexibility index (Phi) is 4.37. The largest absolute Gasteiger partial charge is 0.301 e. The summed E-state index contributed by atoms with van der Waals surface area (Å²) in [6.45, 7) is 3.63. The second-order valence-electron chi connectivity index (χ2n) is 6.07. The van der Waals surface area contributed by atoms with Gasteiger partial charge < -0.3 is 5.32 Å². The molecule has 0 atom stereocenters. The van der Waals surface area contributed by atoms with Crippen LogP contribution in [0, 0.1) is 5.41 Å². The maximum absolute atomic E-state index is 12.2. The number of carbonyl (C=O) groups excluding carboxylic acids is 1. The molecule has 0 bridgehead atoms. The van der Waals surface area contributed by atoms with E-state index in [1.807, 2.05) is 37.4 Å². The highest BCUT2D eigenvalue weighted by Gasteiger charge is 2.27. The molecule has 0 aliphatic rings. The zero-order valence-electron chi connectivity index (χ0n) is 13.0. The van der Waals surface area contributed by atoms with E-state index in [0.717, 1.165) is 11.3 Å². The molecule has 0 fully saturated rings. The molecule has 3 aromatic rings. The van der Waals surface area contributed by atoms with Gasteiger partial charge in [-0.3, -0.25) is 4.79 Å². The summed E-state index contributed by atoms with van der Waals surface area (Å²) in [7, 11) is 0. The van der Waals surface area contributed by atoms with Crippen LogP contribution in [0.3, 0.4) is 0 Å². The summed E-state index contributed by atoms with van der Waals surface area (Å²) in [4.78, 5) is 16.7. The lowest BCUT2D eigenvalue weighted by atomic mass is 9.95. The van der Waals surface area contributed by atoms with Gasteiger partial charge in [-0.1, -0.05) is 36.4 Å². The summed E-state index contributed by atoms with van der Waals surface area (Å²) in [5.41, 5.74) is 1.29. The predicted molar refractivity (Wildman–Crippen MR) is 98.2 cm³/mol. The number of amides is 1. The summed E-state index contributed by atoms with van der Waals surface area (Å²) in [6, 6.07) is 14.4. The van der Waals surface area contributed by atoms with E-state index in [9.17, 15) is 4.79 Å². The van der Waals surface area contributed by atoms with Gasteiger partial charge in [-0.2, -0.15) is 0 Å². The Hall–Kier alpha value is -1.91. The maximum Gasteiger partial charge on any atom is 0.233 e. The number of aromatic nitrogens is 1. The Morgan fingerprint density at radius 2 is 1.96 bits per heavy atom. The fourth-order valence-electron chi connectivity index (χ4n) is 2.14. The molecule has 1 aromatic heterocycles. The summed E-state index contributed by atoms with van der Waals surface area (Å²) in [5.74, 6) is 0.147. The van der Waals surface area contributed by atoms with E-state index in [0.29, 0.717) is 5.13 Å². The lowest BCUT2D eigenvalue weighted by Crippen LogP contribution is -2.32. The standard InChI is InChI=1S/C18H17ClN2OS/c1-18(2,11-19)16(22)21-17-20-15(10-23-17)14-8-7-12-5-3-4-6-13(12)9-14/h3-10H,11H2,1-2H3,(H,20,21,22). The molecule has 0 unspecified atom stereocenters. The predicted octanol–water partition coefficient (Wildman–Crippen LogP) is 5.17. The fraction of sp³-hybridized carbons (Fsp3) is 0.222. The van der Waals surface area contributed by atoms with Crippen LogP contribution in [-0.4, -0.2) is 16.8 Å². The van der Waals surface area contributed by atoms with Gasteiger partial charge in [-0.05, 0) is 30.7 Å². The van der Waals surface area contributed by atoms with Crippen LogP contribution in [0.5, 0.6) is 0 Å². The van der Waals surface area contributed by atoms with E-state index in [1.165, 1.54) is 22.1 Å². The first-order chi connectivity index (χ1) is 11.0. The normalized spacial score (nSPS) is 11.6. The molecule has 0 aliphatic heterocycles. The summed E-state index contributed by atoms with van der Waals surface area (Å²) >= 11 is 7.25. The Morgan fingerprint density at radius 1 is 1.22 bits per heavy atom. The first-order valence-electron chi connectivity index (χ1n) is 7.32. The van der Waals surface area contributed by atoms with E-state index in [-0.39, 0.29) is 11.8 Å².